The number of carboxylic acid groups (broad SMARTS) is 1. The summed E-state index contributed by atoms with van der Waals surface area (Å²) in [5, 5.41) is 9.13. The fourth-order valence-corrected chi connectivity index (χ4v) is 4.26. The summed E-state index contributed by atoms with van der Waals surface area (Å²) in [6, 6.07) is 0. The summed E-state index contributed by atoms with van der Waals surface area (Å²) in [4.78, 5) is 23.3. The first-order valence-corrected chi connectivity index (χ1v) is 14.0. The minimum absolute atomic E-state index is 0.0682. The summed E-state index contributed by atoms with van der Waals surface area (Å²) in [6.45, 7) is 4.48. The zero-order valence-electron chi connectivity index (χ0n) is 21.5. The molecule has 1 unspecified atom stereocenters. The first kappa shape index (κ1) is 30.9. The number of esters is 1. The number of unbranched alkanes of at least 4 members (excludes halogenated alkanes) is 18. The molecular weight excluding hydrogens is 400 g/mol. The molecule has 0 spiro atoms. The van der Waals surface area contributed by atoms with E-state index in [2.05, 4.69) is 13.8 Å². The van der Waals surface area contributed by atoms with Gasteiger partial charge in [0.1, 0.15) is 6.10 Å². The smallest absolute Gasteiger partial charge is 0.307 e. The quantitative estimate of drug-likeness (QED) is 0.110. The van der Waals surface area contributed by atoms with Crippen molar-refractivity contribution in [3.8, 4) is 0 Å². The van der Waals surface area contributed by atoms with Crippen LogP contribution in [0.4, 0.5) is 0 Å². The molecule has 0 aromatic heterocycles. The van der Waals surface area contributed by atoms with Crippen LogP contribution >= 0.6 is 0 Å². The molecule has 0 bridgehead atoms. The lowest BCUT2D eigenvalue weighted by Gasteiger charge is -2.16. The number of hydrogen-bond donors (Lipinski definition) is 1. The number of rotatable bonds is 25. The minimum atomic E-state index is -0.881. The predicted octanol–water partition coefficient (Wildman–Crippen LogP) is 8.99. The normalized spacial score (nSPS) is 12.1. The van der Waals surface area contributed by atoms with Gasteiger partial charge in [-0.05, 0) is 19.3 Å². The summed E-state index contributed by atoms with van der Waals surface area (Å²) >= 11 is 0. The maximum absolute atomic E-state index is 12.1. The number of carbonyl (C=O) groups is 2. The highest BCUT2D eigenvalue weighted by Crippen LogP contribution is 2.16. The van der Waals surface area contributed by atoms with Crippen molar-refractivity contribution in [2.24, 2.45) is 0 Å². The average Bonchev–Trinajstić information content (AvgIpc) is 2.75. The Kier molecular flexibility index (Phi) is 23.8. The highest BCUT2D eigenvalue weighted by Gasteiger charge is 2.17. The van der Waals surface area contributed by atoms with Crippen LogP contribution in [0.15, 0.2) is 0 Å². The van der Waals surface area contributed by atoms with E-state index in [0.29, 0.717) is 12.8 Å². The van der Waals surface area contributed by atoms with Crippen molar-refractivity contribution < 1.29 is 19.4 Å². The van der Waals surface area contributed by atoms with Crippen molar-refractivity contribution in [1.82, 2.24) is 0 Å². The third-order valence-corrected chi connectivity index (χ3v) is 6.31. The van der Waals surface area contributed by atoms with Crippen molar-refractivity contribution in [3.63, 3.8) is 0 Å². The molecule has 0 aromatic rings. The molecule has 190 valence electrons. The van der Waals surface area contributed by atoms with Gasteiger partial charge in [0.05, 0.1) is 6.42 Å². The van der Waals surface area contributed by atoms with E-state index in [4.69, 9.17) is 9.84 Å². The molecule has 0 amide bonds. The van der Waals surface area contributed by atoms with Crippen molar-refractivity contribution in [1.29, 1.82) is 0 Å². The topological polar surface area (TPSA) is 63.6 Å². The Balaban J connectivity index is 3.72. The van der Waals surface area contributed by atoms with Crippen LogP contribution in [0.1, 0.15) is 162 Å². The molecule has 32 heavy (non-hydrogen) atoms. The van der Waals surface area contributed by atoms with Crippen LogP contribution in [-0.2, 0) is 14.3 Å². The van der Waals surface area contributed by atoms with Crippen LogP contribution in [0.3, 0.4) is 0 Å². The lowest BCUT2D eigenvalue weighted by Crippen LogP contribution is -2.21. The van der Waals surface area contributed by atoms with Crippen molar-refractivity contribution in [3.05, 3.63) is 0 Å². The highest BCUT2D eigenvalue weighted by atomic mass is 16.5. The van der Waals surface area contributed by atoms with E-state index >= 15 is 0 Å². The standard InChI is InChI=1S/C28H54O4/c1-3-5-7-9-11-13-14-16-17-19-21-23-26(25-27(29)30)32-28(31)24-22-20-18-15-12-10-8-6-4-2/h26H,3-25H2,1-2H3,(H,29,30). The molecule has 0 aliphatic carbocycles. The Hall–Kier alpha value is -1.06. The van der Waals surface area contributed by atoms with Gasteiger partial charge in [0.25, 0.3) is 0 Å². The van der Waals surface area contributed by atoms with Gasteiger partial charge < -0.3 is 9.84 Å². The van der Waals surface area contributed by atoms with E-state index in [1.54, 1.807) is 0 Å². The second-order valence-electron chi connectivity index (χ2n) is 9.61. The van der Waals surface area contributed by atoms with Crippen molar-refractivity contribution in [2.75, 3.05) is 0 Å². The van der Waals surface area contributed by atoms with Crippen LogP contribution in [0.5, 0.6) is 0 Å². The summed E-state index contributed by atoms with van der Waals surface area (Å²) in [7, 11) is 0. The summed E-state index contributed by atoms with van der Waals surface area (Å²) in [6.07, 6.45) is 25.4. The molecule has 4 nitrogen and oxygen atoms in total. The third kappa shape index (κ3) is 23.6. The Morgan fingerprint density at radius 2 is 0.969 bits per heavy atom. The molecular formula is C28H54O4. The number of hydrogen-bond acceptors (Lipinski definition) is 3. The number of carbonyl (C=O) groups excluding carboxylic acids is 1. The molecule has 1 N–H and O–H groups in total. The van der Waals surface area contributed by atoms with Gasteiger partial charge in [0.2, 0.25) is 0 Å². The van der Waals surface area contributed by atoms with Gasteiger partial charge in [-0.25, -0.2) is 0 Å². The van der Waals surface area contributed by atoms with E-state index in [1.807, 2.05) is 0 Å². The molecule has 1 atom stereocenters. The zero-order valence-corrected chi connectivity index (χ0v) is 21.5. The molecule has 0 fully saturated rings. The van der Waals surface area contributed by atoms with E-state index in [1.165, 1.54) is 103 Å². The van der Waals surface area contributed by atoms with Crippen LogP contribution < -0.4 is 0 Å². The van der Waals surface area contributed by atoms with Gasteiger partial charge in [0, 0.05) is 6.42 Å². The predicted molar refractivity (Wildman–Crippen MR) is 135 cm³/mol. The van der Waals surface area contributed by atoms with Gasteiger partial charge in [0.15, 0.2) is 0 Å². The second kappa shape index (κ2) is 24.6. The molecule has 0 radical (unpaired) electrons. The Morgan fingerprint density at radius 1 is 0.594 bits per heavy atom. The summed E-state index contributed by atoms with van der Waals surface area (Å²) in [5.41, 5.74) is 0. The molecule has 0 aliphatic heterocycles. The maximum atomic E-state index is 12.1. The zero-order chi connectivity index (χ0) is 23.7. The van der Waals surface area contributed by atoms with E-state index in [-0.39, 0.29) is 12.4 Å². The van der Waals surface area contributed by atoms with E-state index < -0.39 is 12.1 Å². The first-order valence-electron chi connectivity index (χ1n) is 14.0. The molecule has 0 aliphatic rings. The number of ether oxygens (including phenoxy) is 1. The van der Waals surface area contributed by atoms with Gasteiger partial charge >= 0.3 is 11.9 Å². The van der Waals surface area contributed by atoms with Crippen molar-refractivity contribution in [2.45, 2.75) is 168 Å². The highest BCUT2D eigenvalue weighted by molar-refractivity contribution is 5.71. The van der Waals surface area contributed by atoms with Crippen LogP contribution in [0.25, 0.3) is 0 Å². The first-order chi connectivity index (χ1) is 15.6. The molecule has 0 rings (SSSR count). The Bertz CT molecular complexity index is 422. The Morgan fingerprint density at radius 3 is 1.38 bits per heavy atom. The minimum Gasteiger partial charge on any atom is -0.481 e. The monoisotopic (exact) mass is 454 g/mol. The lowest BCUT2D eigenvalue weighted by atomic mass is 10.0. The van der Waals surface area contributed by atoms with Gasteiger partial charge in [-0.3, -0.25) is 9.59 Å². The van der Waals surface area contributed by atoms with Crippen LogP contribution in [-0.4, -0.2) is 23.1 Å². The van der Waals surface area contributed by atoms with Crippen LogP contribution in [0.2, 0.25) is 0 Å². The lowest BCUT2D eigenvalue weighted by molar-refractivity contribution is -0.153. The van der Waals surface area contributed by atoms with Gasteiger partial charge in [-0.2, -0.15) is 0 Å². The molecule has 0 saturated carbocycles. The van der Waals surface area contributed by atoms with Crippen molar-refractivity contribution >= 4 is 11.9 Å². The fourth-order valence-electron chi connectivity index (χ4n) is 4.26. The molecule has 0 aromatic carbocycles. The Labute approximate surface area is 199 Å². The van der Waals surface area contributed by atoms with Gasteiger partial charge in [-0.1, -0.05) is 129 Å². The maximum Gasteiger partial charge on any atom is 0.307 e. The summed E-state index contributed by atoms with van der Waals surface area (Å²) in [5.74, 6) is -1.10. The van der Waals surface area contributed by atoms with E-state index in [9.17, 15) is 9.59 Å². The number of carboxylic acids is 1. The largest absolute Gasteiger partial charge is 0.481 e. The van der Waals surface area contributed by atoms with E-state index in [0.717, 1.165) is 25.7 Å². The SMILES string of the molecule is CCCCCCCCCCCCCC(CC(=O)O)OC(=O)CCCCCCCCCCC. The third-order valence-electron chi connectivity index (χ3n) is 6.31. The fraction of sp³-hybridized carbons (Fsp3) is 0.929. The summed E-state index contributed by atoms with van der Waals surface area (Å²) < 4.78 is 5.51. The molecule has 0 saturated heterocycles. The molecule has 0 heterocycles. The number of aliphatic carboxylic acids is 1. The van der Waals surface area contributed by atoms with Crippen LogP contribution in [0, 0.1) is 0 Å². The molecule has 4 heteroatoms. The van der Waals surface area contributed by atoms with Gasteiger partial charge in [-0.15, -0.1) is 0 Å². The average molecular weight is 455 g/mol. The second-order valence-corrected chi connectivity index (χ2v) is 9.61.